The molecule has 1 fully saturated rings. The normalized spacial score (nSPS) is 18.5. The Labute approximate surface area is 154 Å². The molecule has 26 heavy (non-hydrogen) atoms. The van der Waals surface area contributed by atoms with Gasteiger partial charge in [0.2, 0.25) is 10.0 Å². The number of hydrogen-bond acceptors (Lipinski definition) is 5. The standard InChI is InChI=1S/C19H24N2O4S/c22-26(23,14-13-24-18-8-2-1-3-9-18)21-12-6-10-19(15-21)25-16-17-7-4-5-11-20-17/h1-5,7-9,11,19H,6,10,12-16H2. The largest absolute Gasteiger partial charge is 0.492 e. The maximum absolute atomic E-state index is 12.6. The number of sulfonamides is 1. The number of para-hydroxylation sites is 1. The Balaban J connectivity index is 1.47. The Morgan fingerprint density at radius 3 is 2.69 bits per heavy atom. The number of pyridine rings is 1. The Morgan fingerprint density at radius 2 is 1.92 bits per heavy atom. The van der Waals surface area contributed by atoms with Gasteiger partial charge in [-0.1, -0.05) is 24.3 Å². The summed E-state index contributed by atoms with van der Waals surface area (Å²) < 4.78 is 38.1. The highest BCUT2D eigenvalue weighted by Crippen LogP contribution is 2.18. The van der Waals surface area contributed by atoms with Crippen LogP contribution in [0.15, 0.2) is 54.7 Å². The van der Waals surface area contributed by atoms with Gasteiger partial charge in [0.1, 0.15) is 12.4 Å². The molecule has 1 aliphatic heterocycles. The second-order valence-corrected chi connectivity index (χ2v) is 8.32. The van der Waals surface area contributed by atoms with Crippen LogP contribution in [0, 0.1) is 0 Å². The first-order valence-electron chi connectivity index (χ1n) is 8.81. The van der Waals surface area contributed by atoms with Crippen molar-refractivity contribution in [1.82, 2.24) is 9.29 Å². The molecule has 7 heteroatoms. The summed E-state index contributed by atoms with van der Waals surface area (Å²) in [4.78, 5) is 4.23. The molecule has 1 aromatic heterocycles. The van der Waals surface area contributed by atoms with Gasteiger partial charge in [-0.2, -0.15) is 4.31 Å². The topological polar surface area (TPSA) is 68.7 Å². The van der Waals surface area contributed by atoms with Crippen LogP contribution in [-0.4, -0.2) is 49.3 Å². The van der Waals surface area contributed by atoms with Gasteiger partial charge in [0.15, 0.2) is 0 Å². The third-order valence-corrected chi connectivity index (χ3v) is 6.08. The average Bonchev–Trinajstić information content (AvgIpc) is 2.68. The number of benzene rings is 1. The number of nitrogens with zero attached hydrogens (tertiary/aromatic N) is 2. The van der Waals surface area contributed by atoms with Crippen LogP contribution in [0.5, 0.6) is 5.75 Å². The van der Waals surface area contributed by atoms with Crippen molar-refractivity contribution in [2.75, 3.05) is 25.4 Å². The van der Waals surface area contributed by atoms with Gasteiger partial charge in [0.05, 0.1) is 24.2 Å². The summed E-state index contributed by atoms with van der Waals surface area (Å²) in [6, 6.07) is 14.9. The molecule has 1 saturated heterocycles. The molecule has 1 unspecified atom stereocenters. The number of aromatic nitrogens is 1. The van der Waals surface area contributed by atoms with E-state index in [1.807, 2.05) is 48.5 Å². The molecule has 2 aromatic rings. The molecule has 3 rings (SSSR count). The molecule has 0 aliphatic carbocycles. The summed E-state index contributed by atoms with van der Waals surface area (Å²) in [5.41, 5.74) is 0.851. The van der Waals surface area contributed by atoms with Gasteiger partial charge in [0, 0.05) is 19.3 Å². The van der Waals surface area contributed by atoms with Gasteiger partial charge in [0.25, 0.3) is 0 Å². The third-order valence-electron chi connectivity index (χ3n) is 4.28. The molecule has 0 N–H and O–H groups in total. The highest BCUT2D eigenvalue weighted by molar-refractivity contribution is 7.89. The first-order chi connectivity index (χ1) is 12.6. The van der Waals surface area contributed by atoms with Gasteiger partial charge < -0.3 is 9.47 Å². The molecule has 1 aromatic carbocycles. The van der Waals surface area contributed by atoms with Crippen molar-refractivity contribution in [1.29, 1.82) is 0 Å². The first-order valence-corrected chi connectivity index (χ1v) is 10.4. The fraction of sp³-hybridized carbons (Fsp3) is 0.421. The van der Waals surface area contributed by atoms with Crippen molar-refractivity contribution in [2.24, 2.45) is 0 Å². The quantitative estimate of drug-likeness (QED) is 0.708. The highest BCUT2D eigenvalue weighted by Gasteiger charge is 2.29. The van der Waals surface area contributed by atoms with Crippen LogP contribution in [0.4, 0.5) is 0 Å². The molecule has 140 valence electrons. The zero-order valence-corrected chi connectivity index (χ0v) is 15.5. The zero-order valence-electron chi connectivity index (χ0n) is 14.7. The molecule has 0 amide bonds. The first kappa shape index (κ1) is 18.8. The Kier molecular flexibility index (Phi) is 6.60. The number of hydrogen-bond donors (Lipinski definition) is 0. The van der Waals surface area contributed by atoms with E-state index in [-0.39, 0.29) is 18.5 Å². The molecule has 1 atom stereocenters. The van der Waals surface area contributed by atoms with Gasteiger partial charge in [-0.15, -0.1) is 0 Å². The van der Waals surface area contributed by atoms with E-state index in [9.17, 15) is 8.42 Å². The van der Waals surface area contributed by atoms with Crippen LogP contribution >= 0.6 is 0 Å². The van der Waals surface area contributed by atoms with Crippen molar-refractivity contribution in [3.05, 3.63) is 60.4 Å². The fourth-order valence-electron chi connectivity index (χ4n) is 2.89. The van der Waals surface area contributed by atoms with Crippen molar-refractivity contribution >= 4 is 10.0 Å². The van der Waals surface area contributed by atoms with Crippen LogP contribution in [0.3, 0.4) is 0 Å². The molecule has 1 aliphatic rings. The van der Waals surface area contributed by atoms with Crippen molar-refractivity contribution in [3.8, 4) is 5.75 Å². The van der Waals surface area contributed by atoms with E-state index >= 15 is 0 Å². The Bertz CT molecular complexity index is 769. The second kappa shape index (κ2) is 9.12. The SMILES string of the molecule is O=S(=O)(CCOc1ccccc1)N1CCCC(OCc2ccccn2)C1. The van der Waals surface area contributed by atoms with Crippen LogP contribution in [0.25, 0.3) is 0 Å². The predicted octanol–water partition coefficient (Wildman–Crippen LogP) is 2.47. The summed E-state index contributed by atoms with van der Waals surface area (Å²) >= 11 is 0. The lowest BCUT2D eigenvalue weighted by Gasteiger charge is -2.31. The molecular weight excluding hydrogens is 352 g/mol. The summed E-state index contributed by atoms with van der Waals surface area (Å²) in [6.45, 7) is 1.47. The molecule has 0 spiro atoms. The van der Waals surface area contributed by atoms with E-state index in [1.165, 1.54) is 4.31 Å². The van der Waals surface area contributed by atoms with E-state index in [4.69, 9.17) is 9.47 Å². The van der Waals surface area contributed by atoms with Crippen LogP contribution < -0.4 is 4.74 Å². The van der Waals surface area contributed by atoms with Crippen molar-refractivity contribution in [3.63, 3.8) is 0 Å². The van der Waals surface area contributed by atoms with Gasteiger partial charge in [-0.05, 0) is 37.1 Å². The minimum Gasteiger partial charge on any atom is -0.492 e. The second-order valence-electron chi connectivity index (χ2n) is 6.23. The number of piperidine rings is 1. The summed E-state index contributed by atoms with van der Waals surface area (Å²) in [6.07, 6.45) is 3.28. The summed E-state index contributed by atoms with van der Waals surface area (Å²) in [5.74, 6) is 0.646. The van der Waals surface area contributed by atoms with Crippen LogP contribution in [-0.2, 0) is 21.4 Å². The lowest BCUT2D eigenvalue weighted by Crippen LogP contribution is -2.44. The number of ether oxygens (including phenoxy) is 2. The number of rotatable bonds is 8. The lowest BCUT2D eigenvalue weighted by molar-refractivity contribution is 0.00662. The van der Waals surface area contributed by atoms with E-state index in [0.29, 0.717) is 25.4 Å². The smallest absolute Gasteiger partial charge is 0.217 e. The van der Waals surface area contributed by atoms with Crippen LogP contribution in [0.2, 0.25) is 0 Å². The van der Waals surface area contributed by atoms with Gasteiger partial charge in [-0.3, -0.25) is 4.98 Å². The summed E-state index contributed by atoms with van der Waals surface area (Å²) in [7, 11) is -3.36. The van der Waals surface area contributed by atoms with E-state index in [2.05, 4.69) is 4.98 Å². The zero-order chi connectivity index (χ0) is 18.2. The Hall–Kier alpha value is -1.96. The highest BCUT2D eigenvalue weighted by atomic mass is 32.2. The van der Waals surface area contributed by atoms with E-state index in [0.717, 1.165) is 18.5 Å². The lowest BCUT2D eigenvalue weighted by atomic mass is 10.1. The van der Waals surface area contributed by atoms with E-state index < -0.39 is 10.0 Å². The Morgan fingerprint density at radius 1 is 1.12 bits per heavy atom. The maximum Gasteiger partial charge on any atom is 0.217 e. The third kappa shape index (κ3) is 5.52. The monoisotopic (exact) mass is 376 g/mol. The molecule has 2 heterocycles. The van der Waals surface area contributed by atoms with E-state index in [1.54, 1.807) is 6.20 Å². The summed E-state index contributed by atoms with van der Waals surface area (Å²) in [5, 5.41) is 0. The van der Waals surface area contributed by atoms with Crippen LogP contribution in [0.1, 0.15) is 18.5 Å². The van der Waals surface area contributed by atoms with Crippen molar-refractivity contribution in [2.45, 2.75) is 25.6 Å². The molecule has 0 saturated carbocycles. The maximum atomic E-state index is 12.6. The average molecular weight is 376 g/mol. The van der Waals surface area contributed by atoms with Crippen molar-refractivity contribution < 1.29 is 17.9 Å². The van der Waals surface area contributed by atoms with Gasteiger partial charge in [-0.25, -0.2) is 8.42 Å². The molecule has 6 nitrogen and oxygen atoms in total. The molecule has 0 bridgehead atoms. The molecular formula is C19H24N2O4S. The molecule has 0 radical (unpaired) electrons. The van der Waals surface area contributed by atoms with Gasteiger partial charge >= 0.3 is 0 Å². The minimum absolute atomic E-state index is 0.0329. The minimum atomic E-state index is -3.36. The predicted molar refractivity (Wildman–Crippen MR) is 99.3 cm³/mol. The fourth-order valence-corrected chi connectivity index (χ4v) is 4.24.